The Morgan fingerprint density at radius 3 is 2.20 bits per heavy atom. The number of ether oxygens (including phenoxy) is 2. The Bertz CT molecular complexity index is 342. The molecule has 0 fully saturated rings. The Hall–Kier alpha value is -0.900. The third-order valence-corrected chi connectivity index (χ3v) is 3.04. The predicted molar refractivity (Wildman–Crippen MR) is 66.5 cm³/mol. The number of hydrogen-bond donors (Lipinski definition) is 0. The van der Waals surface area contributed by atoms with Gasteiger partial charge in [-0.1, -0.05) is 15.9 Å². The zero-order chi connectivity index (χ0) is 11.4. The molecule has 0 bridgehead atoms. The van der Waals surface area contributed by atoms with Crippen LogP contribution in [0.1, 0.15) is 5.56 Å². The predicted octanol–water partition coefficient (Wildman–Crippen LogP) is 2.80. The van der Waals surface area contributed by atoms with Gasteiger partial charge in [0.2, 0.25) is 0 Å². The molecule has 0 unspecified atom stereocenters. The van der Waals surface area contributed by atoms with Crippen molar-refractivity contribution >= 4 is 21.6 Å². The van der Waals surface area contributed by atoms with Crippen molar-refractivity contribution in [3.05, 3.63) is 17.7 Å². The van der Waals surface area contributed by atoms with Crippen molar-refractivity contribution in [2.24, 2.45) is 0 Å². The van der Waals surface area contributed by atoms with Gasteiger partial charge < -0.3 is 14.4 Å². The summed E-state index contributed by atoms with van der Waals surface area (Å²) in [6.07, 6.45) is 0. The summed E-state index contributed by atoms with van der Waals surface area (Å²) >= 11 is 3.42. The van der Waals surface area contributed by atoms with Crippen molar-refractivity contribution in [1.82, 2.24) is 0 Å². The molecule has 0 aliphatic carbocycles. The summed E-state index contributed by atoms with van der Waals surface area (Å²) in [4.78, 5) is 2.09. The molecule has 0 aliphatic heterocycles. The molecule has 1 rings (SSSR count). The van der Waals surface area contributed by atoms with Crippen molar-refractivity contribution in [2.45, 2.75) is 6.92 Å². The highest BCUT2D eigenvalue weighted by molar-refractivity contribution is 9.09. The van der Waals surface area contributed by atoms with Gasteiger partial charge in [0.05, 0.1) is 19.7 Å². The van der Waals surface area contributed by atoms with Gasteiger partial charge in [-0.05, 0) is 18.6 Å². The first-order chi connectivity index (χ1) is 7.13. The Morgan fingerprint density at radius 1 is 1.20 bits per heavy atom. The summed E-state index contributed by atoms with van der Waals surface area (Å²) in [6, 6.07) is 3.96. The minimum atomic E-state index is 0.755. The fourth-order valence-electron chi connectivity index (χ4n) is 1.45. The molecule has 0 spiro atoms. The van der Waals surface area contributed by atoms with E-state index in [0.29, 0.717) is 0 Å². The van der Waals surface area contributed by atoms with Crippen LogP contribution in [0.25, 0.3) is 0 Å². The van der Waals surface area contributed by atoms with E-state index in [9.17, 15) is 0 Å². The Labute approximate surface area is 99.1 Å². The van der Waals surface area contributed by atoms with Gasteiger partial charge in [0.1, 0.15) is 0 Å². The molecule has 15 heavy (non-hydrogen) atoms. The number of methoxy groups -OCH3 is 2. The van der Waals surface area contributed by atoms with Gasteiger partial charge in [-0.15, -0.1) is 0 Å². The second-order valence-electron chi connectivity index (χ2n) is 3.31. The van der Waals surface area contributed by atoms with E-state index in [2.05, 4.69) is 27.8 Å². The summed E-state index contributed by atoms with van der Waals surface area (Å²) in [5.41, 5.74) is 3.07. The van der Waals surface area contributed by atoms with Crippen LogP contribution >= 0.6 is 15.9 Å². The molecule has 0 amide bonds. The molecular weight excluding hydrogens is 258 g/mol. The normalized spacial score (nSPS) is 9.93. The number of nitrogens with zero attached hydrogens (tertiary/aromatic N) is 1. The van der Waals surface area contributed by atoms with Crippen LogP contribution in [0.15, 0.2) is 12.1 Å². The molecule has 0 saturated heterocycles. The van der Waals surface area contributed by atoms with Crippen molar-refractivity contribution in [1.29, 1.82) is 0 Å². The fraction of sp³-hybridized carbons (Fsp3) is 0.455. The maximum Gasteiger partial charge on any atom is 0.162 e. The molecule has 1 aromatic carbocycles. The molecule has 0 aromatic heterocycles. The van der Waals surface area contributed by atoms with Crippen LogP contribution < -0.4 is 14.4 Å². The lowest BCUT2D eigenvalue weighted by Crippen LogP contribution is -2.15. The SMILES string of the molecule is COc1cc(C)c(N(C)CBr)cc1OC. The van der Waals surface area contributed by atoms with Crippen LogP contribution in [0.5, 0.6) is 11.5 Å². The maximum atomic E-state index is 5.26. The highest BCUT2D eigenvalue weighted by Gasteiger charge is 2.10. The van der Waals surface area contributed by atoms with Gasteiger partial charge in [-0.25, -0.2) is 0 Å². The summed E-state index contributed by atoms with van der Waals surface area (Å²) in [7, 11) is 5.30. The first-order valence-corrected chi connectivity index (χ1v) is 5.76. The topological polar surface area (TPSA) is 21.7 Å². The number of rotatable bonds is 4. The zero-order valence-electron chi connectivity index (χ0n) is 9.50. The van der Waals surface area contributed by atoms with E-state index in [1.807, 2.05) is 19.2 Å². The largest absolute Gasteiger partial charge is 0.493 e. The van der Waals surface area contributed by atoms with E-state index >= 15 is 0 Å². The molecule has 0 atom stereocenters. The number of alkyl halides is 1. The average Bonchev–Trinajstić information content (AvgIpc) is 2.27. The maximum absolute atomic E-state index is 5.26. The van der Waals surface area contributed by atoms with E-state index in [-0.39, 0.29) is 0 Å². The van der Waals surface area contributed by atoms with E-state index in [4.69, 9.17) is 9.47 Å². The molecule has 1 aromatic rings. The van der Waals surface area contributed by atoms with Crippen LogP contribution in [0.3, 0.4) is 0 Å². The van der Waals surface area contributed by atoms with Crippen LogP contribution in [0, 0.1) is 6.92 Å². The number of hydrogen-bond acceptors (Lipinski definition) is 3. The van der Waals surface area contributed by atoms with E-state index < -0.39 is 0 Å². The van der Waals surface area contributed by atoms with Crippen LogP contribution in [-0.4, -0.2) is 26.7 Å². The first-order valence-electron chi connectivity index (χ1n) is 4.63. The summed E-state index contributed by atoms with van der Waals surface area (Å²) in [6.45, 7) is 2.05. The molecule has 4 heteroatoms. The molecular formula is C11H16BrNO2. The average molecular weight is 274 g/mol. The van der Waals surface area contributed by atoms with Crippen LogP contribution in [0.4, 0.5) is 5.69 Å². The number of aryl methyl sites for hydroxylation is 1. The van der Waals surface area contributed by atoms with Crippen molar-refractivity contribution < 1.29 is 9.47 Å². The summed E-state index contributed by atoms with van der Waals surface area (Å²) < 4.78 is 10.5. The summed E-state index contributed by atoms with van der Waals surface area (Å²) in [5, 5.41) is 0. The number of halogens is 1. The Balaban J connectivity index is 3.19. The molecule has 0 aliphatic rings. The fourth-order valence-corrected chi connectivity index (χ4v) is 1.72. The second kappa shape index (κ2) is 5.26. The number of anilines is 1. The molecule has 0 radical (unpaired) electrons. The second-order valence-corrected chi connectivity index (χ2v) is 3.81. The van der Waals surface area contributed by atoms with Crippen molar-refractivity contribution in [3.63, 3.8) is 0 Å². The van der Waals surface area contributed by atoms with Gasteiger partial charge in [-0.3, -0.25) is 0 Å². The molecule has 0 heterocycles. The van der Waals surface area contributed by atoms with Crippen LogP contribution in [-0.2, 0) is 0 Å². The van der Waals surface area contributed by atoms with Crippen molar-refractivity contribution in [3.8, 4) is 11.5 Å². The third kappa shape index (κ3) is 2.56. The minimum absolute atomic E-state index is 0.755. The van der Waals surface area contributed by atoms with Crippen LogP contribution in [0.2, 0.25) is 0 Å². The molecule has 84 valence electrons. The van der Waals surface area contributed by atoms with Crippen molar-refractivity contribution in [2.75, 3.05) is 31.6 Å². The number of benzene rings is 1. The van der Waals surface area contributed by atoms with Gasteiger partial charge in [0.15, 0.2) is 11.5 Å². The quantitative estimate of drug-likeness (QED) is 0.622. The zero-order valence-corrected chi connectivity index (χ0v) is 11.1. The van der Waals surface area contributed by atoms with Gasteiger partial charge in [0, 0.05) is 18.8 Å². The third-order valence-electron chi connectivity index (χ3n) is 2.29. The monoisotopic (exact) mass is 273 g/mol. The van der Waals surface area contributed by atoms with E-state index in [0.717, 1.165) is 28.2 Å². The Kier molecular flexibility index (Phi) is 4.27. The molecule has 3 nitrogen and oxygen atoms in total. The van der Waals surface area contributed by atoms with E-state index in [1.165, 1.54) is 0 Å². The smallest absolute Gasteiger partial charge is 0.162 e. The van der Waals surface area contributed by atoms with Gasteiger partial charge in [0.25, 0.3) is 0 Å². The first kappa shape index (κ1) is 12.2. The van der Waals surface area contributed by atoms with E-state index in [1.54, 1.807) is 14.2 Å². The molecule has 0 N–H and O–H groups in total. The standard InChI is InChI=1S/C11H16BrNO2/c1-8-5-10(14-3)11(15-4)6-9(8)13(2)7-12/h5-6H,7H2,1-4H3. The lowest BCUT2D eigenvalue weighted by molar-refractivity contribution is 0.355. The lowest BCUT2D eigenvalue weighted by atomic mass is 10.1. The molecule has 0 saturated carbocycles. The minimum Gasteiger partial charge on any atom is -0.493 e. The highest BCUT2D eigenvalue weighted by atomic mass is 79.9. The van der Waals surface area contributed by atoms with Gasteiger partial charge >= 0.3 is 0 Å². The van der Waals surface area contributed by atoms with Gasteiger partial charge in [-0.2, -0.15) is 0 Å². The lowest BCUT2D eigenvalue weighted by Gasteiger charge is -2.20. The highest BCUT2D eigenvalue weighted by Crippen LogP contribution is 2.34. The Morgan fingerprint density at radius 2 is 1.73 bits per heavy atom. The summed E-state index contributed by atoms with van der Waals surface area (Å²) in [5.74, 6) is 1.52.